The van der Waals surface area contributed by atoms with E-state index in [0.717, 1.165) is 11.3 Å². The van der Waals surface area contributed by atoms with Gasteiger partial charge in [0.2, 0.25) is 0 Å². The molecule has 1 aromatic rings. The zero-order valence-electron chi connectivity index (χ0n) is 8.05. The number of hydrogen-bond acceptors (Lipinski definition) is 3. The smallest absolute Gasteiger partial charge is 0.339 e. The number of hydrogen-bond donors (Lipinski definition) is 1. The minimum absolute atomic E-state index is 0.303. The largest absolute Gasteiger partial charge is 0.471 e. The van der Waals surface area contributed by atoms with Crippen LogP contribution in [0.15, 0.2) is 11.4 Å². The number of Topliss-reactive ketones (excluding diaryl/α,β-unsaturated/α-hetero) is 1. The summed E-state index contributed by atoms with van der Waals surface area (Å²) in [6.07, 6.45) is -4.99. The molecule has 1 aliphatic rings. The van der Waals surface area contributed by atoms with Gasteiger partial charge in [-0.25, -0.2) is 0 Å². The van der Waals surface area contributed by atoms with Crippen molar-refractivity contribution in [1.82, 2.24) is 5.32 Å². The first-order chi connectivity index (χ1) is 7.82. The molecule has 0 spiro atoms. The number of amides is 1. The summed E-state index contributed by atoms with van der Waals surface area (Å²) in [5.74, 6) is -2.55. The number of alkyl halides is 4. The van der Waals surface area contributed by atoms with Crippen LogP contribution in [0.3, 0.4) is 0 Å². The lowest BCUT2D eigenvalue weighted by atomic mass is 10.1. The van der Waals surface area contributed by atoms with Gasteiger partial charge >= 0.3 is 12.1 Å². The summed E-state index contributed by atoms with van der Waals surface area (Å²) in [6, 6.07) is 0.376. The number of thiophene rings is 1. The highest BCUT2D eigenvalue weighted by Gasteiger charge is 2.45. The van der Waals surface area contributed by atoms with Gasteiger partial charge in [-0.3, -0.25) is 9.59 Å². The minimum Gasteiger partial charge on any atom is -0.339 e. The van der Waals surface area contributed by atoms with Gasteiger partial charge in [0.05, 0.1) is 10.9 Å². The van der Waals surface area contributed by atoms with Gasteiger partial charge < -0.3 is 5.32 Å². The van der Waals surface area contributed by atoms with Crippen LogP contribution in [-0.2, 0) is 4.79 Å². The van der Waals surface area contributed by atoms with Gasteiger partial charge in [0.25, 0.3) is 0 Å². The van der Waals surface area contributed by atoms with Crippen molar-refractivity contribution in [3.05, 3.63) is 21.9 Å². The summed E-state index contributed by atoms with van der Waals surface area (Å²) in [5.41, 5.74) is 0.345. The Morgan fingerprint density at radius 3 is 2.71 bits per heavy atom. The Balaban J connectivity index is 2.24. The third-order valence-electron chi connectivity index (χ3n) is 2.34. The molecule has 17 heavy (non-hydrogen) atoms. The zero-order valence-corrected chi connectivity index (χ0v) is 9.62. The molecule has 0 saturated carbocycles. The molecule has 1 amide bonds. The number of carbonyl (C=O) groups excluding carboxylic acids is 2. The number of nitrogens with one attached hydrogen (secondary N) is 1. The summed E-state index contributed by atoms with van der Waals surface area (Å²) in [5, 5.41) is 2.12. The molecule has 1 N–H and O–H groups in total. The maximum atomic E-state index is 12.1. The molecule has 0 aromatic carbocycles. The average Bonchev–Trinajstić information content (AvgIpc) is 2.76. The van der Waals surface area contributed by atoms with Crippen molar-refractivity contribution in [2.75, 3.05) is 0 Å². The monoisotopic (exact) mass is 283 g/mol. The van der Waals surface area contributed by atoms with Crippen molar-refractivity contribution < 1.29 is 22.8 Å². The molecular formula is C9H5ClF3NO2S. The Morgan fingerprint density at radius 1 is 1.47 bits per heavy atom. The molecule has 8 heteroatoms. The summed E-state index contributed by atoms with van der Waals surface area (Å²) < 4.78 is 36.3. The van der Waals surface area contributed by atoms with E-state index in [1.54, 1.807) is 10.7 Å². The second kappa shape index (κ2) is 3.99. The lowest BCUT2D eigenvalue weighted by Gasteiger charge is -2.16. The molecule has 0 aliphatic heterocycles. The Morgan fingerprint density at radius 2 is 2.12 bits per heavy atom. The number of rotatable bonds is 1. The molecule has 92 valence electrons. The molecule has 2 rings (SSSR count). The maximum absolute atomic E-state index is 12.1. The predicted molar refractivity (Wildman–Crippen MR) is 55.2 cm³/mol. The van der Waals surface area contributed by atoms with Crippen LogP contribution in [0.25, 0.3) is 0 Å². The fourth-order valence-electron chi connectivity index (χ4n) is 1.57. The fourth-order valence-corrected chi connectivity index (χ4v) is 2.87. The highest BCUT2D eigenvalue weighted by Crippen LogP contribution is 2.38. The molecule has 2 atom stereocenters. The molecule has 0 saturated heterocycles. The van der Waals surface area contributed by atoms with Crippen LogP contribution >= 0.6 is 22.9 Å². The van der Waals surface area contributed by atoms with Crippen molar-refractivity contribution in [2.24, 2.45) is 0 Å². The fraction of sp³-hybridized carbons (Fsp3) is 0.333. The Kier molecular flexibility index (Phi) is 2.90. The second-order valence-electron chi connectivity index (χ2n) is 3.42. The van der Waals surface area contributed by atoms with Crippen LogP contribution in [0.1, 0.15) is 21.3 Å². The van der Waals surface area contributed by atoms with E-state index in [4.69, 9.17) is 11.6 Å². The molecule has 0 radical (unpaired) electrons. The van der Waals surface area contributed by atoms with Gasteiger partial charge in [-0.2, -0.15) is 13.2 Å². The molecule has 3 nitrogen and oxygen atoms in total. The van der Waals surface area contributed by atoms with Gasteiger partial charge in [0, 0.05) is 0 Å². The molecular weight excluding hydrogens is 279 g/mol. The SMILES string of the molecule is O=C1c2sccc2[C@@H](NC(=O)C(F)(F)F)[C@@H]1Cl. The second-order valence-corrected chi connectivity index (χ2v) is 4.81. The van der Waals surface area contributed by atoms with Crippen LogP contribution in [0.2, 0.25) is 0 Å². The summed E-state index contributed by atoms with van der Waals surface area (Å²) in [6.45, 7) is 0. The van der Waals surface area contributed by atoms with Crippen molar-refractivity contribution in [3.63, 3.8) is 0 Å². The molecule has 0 bridgehead atoms. The van der Waals surface area contributed by atoms with Gasteiger partial charge in [-0.05, 0) is 17.0 Å². The average molecular weight is 284 g/mol. The first kappa shape index (κ1) is 12.4. The van der Waals surface area contributed by atoms with Crippen LogP contribution in [-0.4, -0.2) is 23.2 Å². The van der Waals surface area contributed by atoms with Crippen molar-refractivity contribution >= 4 is 34.6 Å². The quantitative estimate of drug-likeness (QED) is 0.804. The van der Waals surface area contributed by atoms with E-state index < -0.39 is 29.3 Å². The molecule has 1 aliphatic carbocycles. The number of carbonyl (C=O) groups is 2. The maximum Gasteiger partial charge on any atom is 0.471 e. The summed E-state index contributed by atoms with van der Waals surface area (Å²) in [7, 11) is 0. The highest BCUT2D eigenvalue weighted by atomic mass is 35.5. The topological polar surface area (TPSA) is 46.2 Å². The summed E-state index contributed by atoms with van der Waals surface area (Å²) in [4.78, 5) is 22.7. The van der Waals surface area contributed by atoms with E-state index in [-0.39, 0.29) is 0 Å². The normalized spacial score (nSPS) is 23.6. The molecule has 0 fully saturated rings. The number of fused-ring (bicyclic) bond motifs is 1. The van der Waals surface area contributed by atoms with Gasteiger partial charge in [-0.15, -0.1) is 22.9 Å². The predicted octanol–water partition coefficient (Wildman–Crippen LogP) is 2.27. The number of halogens is 4. The standard InChI is InChI=1S/C9H5ClF3NO2S/c10-4-5(14-8(16)9(11,12)13)3-1-2-17-7(3)6(4)15/h1-2,4-5H,(H,14,16)/t4-,5+/m0/s1. The third kappa shape index (κ3) is 2.04. The van der Waals surface area contributed by atoms with Crippen LogP contribution < -0.4 is 5.32 Å². The van der Waals surface area contributed by atoms with Crippen molar-refractivity contribution in [3.8, 4) is 0 Å². The summed E-state index contributed by atoms with van der Waals surface area (Å²) >= 11 is 6.80. The molecule has 1 aromatic heterocycles. The van der Waals surface area contributed by atoms with E-state index in [0.29, 0.717) is 10.4 Å². The van der Waals surface area contributed by atoms with Crippen LogP contribution in [0.5, 0.6) is 0 Å². The lowest BCUT2D eigenvalue weighted by molar-refractivity contribution is -0.174. The van der Waals surface area contributed by atoms with E-state index in [9.17, 15) is 22.8 Å². The van der Waals surface area contributed by atoms with Gasteiger partial charge in [0.15, 0.2) is 5.78 Å². The van der Waals surface area contributed by atoms with Crippen LogP contribution in [0, 0.1) is 0 Å². The Bertz CT molecular complexity index is 485. The Hall–Kier alpha value is -1.08. The molecule has 0 unspecified atom stereocenters. The van der Waals surface area contributed by atoms with E-state index in [1.807, 2.05) is 0 Å². The Labute approximate surface area is 103 Å². The zero-order chi connectivity index (χ0) is 12.8. The van der Waals surface area contributed by atoms with E-state index in [1.165, 1.54) is 6.07 Å². The third-order valence-corrected chi connectivity index (χ3v) is 3.74. The van der Waals surface area contributed by atoms with Crippen molar-refractivity contribution in [2.45, 2.75) is 17.6 Å². The van der Waals surface area contributed by atoms with E-state index in [2.05, 4.69) is 0 Å². The van der Waals surface area contributed by atoms with Crippen molar-refractivity contribution in [1.29, 1.82) is 0 Å². The van der Waals surface area contributed by atoms with Gasteiger partial charge in [0.1, 0.15) is 5.38 Å². The lowest BCUT2D eigenvalue weighted by Crippen LogP contribution is -2.41. The molecule has 1 heterocycles. The van der Waals surface area contributed by atoms with E-state index >= 15 is 0 Å². The number of ketones is 1. The minimum atomic E-state index is -4.99. The first-order valence-electron chi connectivity index (χ1n) is 4.45. The van der Waals surface area contributed by atoms with Crippen LogP contribution in [0.4, 0.5) is 13.2 Å². The van der Waals surface area contributed by atoms with Gasteiger partial charge in [-0.1, -0.05) is 0 Å². The highest BCUT2D eigenvalue weighted by molar-refractivity contribution is 7.12. The first-order valence-corrected chi connectivity index (χ1v) is 5.77.